The molecule has 0 bridgehead atoms. The molecule has 2 N–H and O–H groups in total. The number of hydrogen-bond donors (Lipinski definition) is 2. The molecule has 2 rings (SSSR count). The molecule has 7 heteroatoms. The van der Waals surface area contributed by atoms with Gasteiger partial charge in [-0.1, -0.05) is 12.2 Å². The number of aromatic nitrogens is 1. The number of hydrogen-bond acceptors (Lipinski definition) is 5. The van der Waals surface area contributed by atoms with Crippen LogP contribution in [0.2, 0.25) is 0 Å². The Morgan fingerprint density at radius 2 is 2.11 bits per heavy atom. The number of rotatable bonds is 4. The molecule has 0 unspecified atom stereocenters. The Morgan fingerprint density at radius 1 is 1.44 bits per heavy atom. The Morgan fingerprint density at radius 3 is 2.67 bits per heavy atom. The molecule has 0 saturated carbocycles. The molecule has 0 spiro atoms. The molecule has 1 aromatic heterocycles. The molecule has 94 valence electrons. The van der Waals surface area contributed by atoms with Gasteiger partial charge < -0.3 is 10.4 Å². The van der Waals surface area contributed by atoms with E-state index in [-0.39, 0.29) is 23.2 Å². The van der Waals surface area contributed by atoms with Crippen LogP contribution in [0.3, 0.4) is 0 Å². The standard InChI is InChI=1S/C11H11N3O4/c15-11(16)8-5-6-9(14(17)18)10(13-8)12-7-3-1-2-4-7/h1-2,5-7H,3-4H2,(H,12,13)(H,15,16). The van der Waals surface area contributed by atoms with E-state index in [4.69, 9.17) is 5.11 Å². The van der Waals surface area contributed by atoms with Crippen molar-refractivity contribution < 1.29 is 14.8 Å². The summed E-state index contributed by atoms with van der Waals surface area (Å²) in [5, 5.41) is 22.6. The van der Waals surface area contributed by atoms with Crippen molar-refractivity contribution in [3.05, 3.63) is 40.1 Å². The minimum absolute atomic E-state index is 0.00796. The predicted molar refractivity (Wildman–Crippen MR) is 63.6 cm³/mol. The Balaban J connectivity index is 2.30. The van der Waals surface area contributed by atoms with Gasteiger partial charge in [0.2, 0.25) is 5.82 Å². The zero-order valence-electron chi connectivity index (χ0n) is 9.37. The zero-order chi connectivity index (χ0) is 13.1. The first-order chi connectivity index (χ1) is 8.58. The van der Waals surface area contributed by atoms with Gasteiger partial charge in [0.15, 0.2) is 5.69 Å². The highest BCUT2D eigenvalue weighted by molar-refractivity contribution is 5.86. The van der Waals surface area contributed by atoms with E-state index in [0.717, 1.165) is 25.0 Å². The summed E-state index contributed by atoms with van der Waals surface area (Å²) in [4.78, 5) is 24.8. The summed E-state index contributed by atoms with van der Waals surface area (Å²) in [5.41, 5.74) is -0.430. The molecule has 0 fully saturated rings. The average Bonchev–Trinajstić information content (AvgIpc) is 2.81. The fourth-order valence-electron chi connectivity index (χ4n) is 1.75. The maximum Gasteiger partial charge on any atom is 0.354 e. The van der Waals surface area contributed by atoms with E-state index in [1.54, 1.807) is 0 Å². The second-order valence-electron chi connectivity index (χ2n) is 3.91. The van der Waals surface area contributed by atoms with E-state index < -0.39 is 10.9 Å². The van der Waals surface area contributed by atoms with E-state index in [9.17, 15) is 14.9 Å². The van der Waals surface area contributed by atoms with Gasteiger partial charge in [0.25, 0.3) is 0 Å². The number of aromatic carboxylic acids is 1. The summed E-state index contributed by atoms with van der Waals surface area (Å²) >= 11 is 0. The summed E-state index contributed by atoms with van der Waals surface area (Å²) in [6.07, 6.45) is 5.42. The number of carboxylic acids is 1. The van der Waals surface area contributed by atoms with Crippen molar-refractivity contribution in [2.75, 3.05) is 5.32 Å². The predicted octanol–water partition coefficient (Wildman–Crippen LogP) is 1.82. The van der Waals surface area contributed by atoms with Crippen molar-refractivity contribution >= 4 is 17.5 Å². The van der Waals surface area contributed by atoms with Crippen LogP contribution in [0.4, 0.5) is 11.5 Å². The number of nitrogens with zero attached hydrogens (tertiary/aromatic N) is 2. The number of anilines is 1. The third-order valence-corrected chi connectivity index (χ3v) is 2.64. The number of carboxylic acid groups (broad SMARTS) is 1. The molecule has 1 heterocycles. The maximum atomic E-state index is 10.8. The Kier molecular flexibility index (Phi) is 3.22. The summed E-state index contributed by atoms with van der Waals surface area (Å²) in [6, 6.07) is 2.31. The van der Waals surface area contributed by atoms with Gasteiger partial charge in [-0.2, -0.15) is 0 Å². The number of pyridine rings is 1. The lowest BCUT2D eigenvalue weighted by Crippen LogP contribution is -2.18. The van der Waals surface area contributed by atoms with Gasteiger partial charge in [-0.25, -0.2) is 9.78 Å². The van der Waals surface area contributed by atoms with Crippen molar-refractivity contribution in [3.63, 3.8) is 0 Å². The lowest BCUT2D eigenvalue weighted by molar-refractivity contribution is -0.384. The molecule has 0 aromatic carbocycles. The highest BCUT2D eigenvalue weighted by atomic mass is 16.6. The van der Waals surface area contributed by atoms with Crippen molar-refractivity contribution in [1.82, 2.24) is 4.98 Å². The quantitative estimate of drug-likeness (QED) is 0.479. The topological polar surface area (TPSA) is 105 Å². The smallest absolute Gasteiger partial charge is 0.354 e. The minimum atomic E-state index is -1.21. The van der Waals surface area contributed by atoms with Crippen LogP contribution in [0.25, 0.3) is 0 Å². The largest absolute Gasteiger partial charge is 0.477 e. The van der Waals surface area contributed by atoms with Gasteiger partial charge in [0.1, 0.15) is 0 Å². The molecule has 1 aromatic rings. The van der Waals surface area contributed by atoms with E-state index in [1.165, 1.54) is 0 Å². The molecule has 0 saturated heterocycles. The SMILES string of the molecule is O=C(O)c1ccc([N+](=O)[O-])c(NC2CC=CC2)n1. The number of carbonyl (C=O) groups is 1. The normalized spacial score (nSPS) is 14.7. The van der Waals surface area contributed by atoms with E-state index in [2.05, 4.69) is 10.3 Å². The van der Waals surface area contributed by atoms with Crippen LogP contribution >= 0.6 is 0 Å². The average molecular weight is 249 g/mol. The van der Waals surface area contributed by atoms with Crippen LogP contribution in [-0.4, -0.2) is 27.0 Å². The Hall–Kier alpha value is -2.44. The summed E-state index contributed by atoms with van der Waals surface area (Å²) < 4.78 is 0. The molecular weight excluding hydrogens is 238 g/mol. The number of nitrogens with one attached hydrogen (secondary N) is 1. The van der Waals surface area contributed by atoms with Gasteiger partial charge in [0, 0.05) is 12.1 Å². The summed E-state index contributed by atoms with van der Waals surface area (Å²) in [7, 11) is 0. The third kappa shape index (κ3) is 2.45. The molecule has 1 aliphatic rings. The second-order valence-corrected chi connectivity index (χ2v) is 3.91. The summed E-state index contributed by atoms with van der Waals surface area (Å²) in [6.45, 7) is 0. The van der Waals surface area contributed by atoms with Gasteiger partial charge in [-0.3, -0.25) is 10.1 Å². The van der Waals surface area contributed by atoms with Crippen molar-refractivity contribution in [2.45, 2.75) is 18.9 Å². The first kappa shape index (κ1) is 12.0. The molecule has 0 radical (unpaired) electrons. The molecule has 18 heavy (non-hydrogen) atoms. The van der Waals surface area contributed by atoms with E-state index >= 15 is 0 Å². The number of nitro groups is 1. The molecule has 0 aliphatic heterocycles. The van der Waals surface area contributed by atoms with E-state index in [1.807, 2.05) is 12.2 Å². The van der Waals surface area contributed by atoms with Crippen LogP contribution in [0, 0.1) is 10.1 Å². The minimum Gasteiger partial charge on any atom is -0.477 e. The molecule has 1 aliphatic carbocycles. The van der Waals surface area contributed by atoms with Crippen molar-refractivity contribution in [2.24, 2.45) is 0 Å². The van der Waals surface area contributed by atoms with Gasteiger partial charge in [-0.15, -0.1) is 0 Å². The van der Waals surface area contributed by atoms with Gasteiger partial charge in [0.05, 0.1) is 4.92 Å². The molecule has 0 amide bonds. The van der Waals surface area contributed by atoms with Crippen LogP contribution in [0.15, 0.2) is 24.3 Å². The first-order valence-electron chi connectivity index (χ1n) is 5.38. The van der Waals surface area contributed by atoms with E-state index in [0.29, 0.717) is 0 Å². The monoisotopic (exact) mass is 249 g/mol. The maximum absolute atomic E-state index is 10.8. The molecule has 0 atom stereocenters. The highest BCUT2D eigenvalue weighted by Crippen LogP contribution is 2.25. The lowest BCUT2D eigenvalue weighted by atomic mass is 10.2. The fraction of sp³-hybridized carbons (Fsp3) is 0.273. The Labute approximate surface area is 102 Å². The van der Waals surface area contributed by atoms with Crippen LogP contribution in [0.1, 0.15) is 23.3 Å². The van der Waals surface area contributed by atoms with Crippen molar-refractivity contribution in [3.8, 4) is 0 Å². The fourth-order valence-corrected chi connectivity index (χ4v) is 1.75. The van der Waals surface area contributed by atoms with Crippen molar-refractivity contribution in [1.29, 1.82) is 0 Å². The lowest BCUT2D eigenvalue weighted by Gasteiger charge is -2.12. The second kappa shape index (κ2) is 4.82. The summed E-state index contributed by atoms with van der Waals surface area (Å²) in [5.74, 6) is -1.20. The highest BCUT2D eigenvalue weighted by Gasteiger charge is 2.21. The van der Waals surface area contributed by atoms with Crippen LogP contribution < -0.4 is 5.32 Å². The van der Waals surface area contributed by atoms with Gasteiger partial charge >= 0.3 is 11.7 Å². The van der Waals surface area contributed by atoms with Gasteiger partial charge in [-0.05, 0) is 18.9 Å². The first-order valence-corrected chi connectivity index (χ1v) is 5.38. The molecule has 7 nitrogen and oxygen atoms in total. The zero-order valence-corrected chi connectivity index (χ0v) is 9.37. The van der Waals surface area contributed by atoms with Crippen LogP contribution in [-0.2, 0) is 0 Å². The Bertz CT molecular complexity index is 519. The molecular formula is C11H11N3O4. The van der Waals surface area contributed by atoms with Crippen LogP contribution in [0.5, 0.6) is 0 Å². The third-order valence-electron chi connectivity index (χ3n) is 2.64.